The Morgan fingerprint density at radius 3 is 3.15 bits per heavy atom. The molecule has 2 atom stereocenters. The molecule has 1 heteroatoms. The molecule has 1 saturated carbocycles. The van der Waals surface area contributed by atoms with Crippen molar-refractivity contribution >= 4 is 10.9 Å². The largest absolute Gasteiger partial charge is 0.344 e. The number of para-hydroxylation sites is 1. The highest BCUT2D eigenvalue weighted by Gasteiger charge is 2.45. The van der Waals surface area contributed by atoms with Crippen molar-refractivity contribution in [3.8, 4) is 0 Å². The fourth-order valence-electron chi connectivity index (χ4n) is 2.79. The van der Waals surface area contributed by atoms with Crippen LogP contribution in [0.15, 0.2) is 30.3 Å². The molecule has 1 fully saturated rings. The van der Waals surface area contributed by atoms with Gasteiger partial charge in [-0.3, -0.25) is 0 Å². The van der Waals surface area contributed by atoms with Crippen LogP contribution in [0.4, 0.5) is 0 Å². The number of hydrogen-bond donors (Lipinski definition) is 0. The third kappa shape index (κ3) is 0.646. The summed E-state index contributed by atoms with van der Waals surface area (Å²) in [7, 11) is 0. The second-order valence-electron chi connectivity index (χ2n) is 4.34. The third-order valence-corrected chi connectivity index (χ3v) is 3.56. The molecule has 1 aromatic carbocycles. The Kier molecular flexibility index (Phi) is 0.873. The smallest absolute Gasteiger partial charge is 0.0482 e. The Morgan fingerprint density at radius 1 is 1.23 bits per heavy atom. The van der Waals surface area contributed by atoms with Gasteiger partial charge in [-0.1, -0.05) is 18.2 Å². The van der Waals surface area contributed by atoms with Crippen molar-refractivity contribution in [3.63, 3.8) is 0 Å². The summed E-state index contributed by atoms with van der Waals surface area (Å²) in [5, 5.41) is 1.42. The maximum atomic E-state index is 2.51. The minimum absolute atomic E-state index is 0.910. The maximum Gasteiger partial charge on any atom is 0.0482 e. The van der Waals surface area contributed by atoms with E-state index >= 15 is 0 Å². The lowest BCUT2D eigenvalue weighted by molar-refractivity contribution is 0.690. The predicted octanol–water partition coefficient (Wildman–Crippen LogP) is 2.76. The van der Waals surface area contributed by atoms with Crippen LogP contribution < -0.4 is 0 Å². The Labute approximate surface area is 77.0 Å². The maximum absolute atomic E-state index is 2.51. The van der Waals surface area contributed by atoms with Crippen LogP contribution in [-0.4, -0.2) is 4.57 Å². The highest BCUT2D eigenvalue weighted by Crippen LogP contribution is 2.54. The number of benzene rings is 1. The molecule has 0 spiro atoms. The summed E-state index contributed by atoms with van der Waals surface area (Å²) in [6.45, 7) is 1.27. The summed E-state index contributed by atoms with van der Waals surface area (Å²) in [4.78, 5) is 0. The molecule has 13 heavy (non-hydrogen) atoms. The monoisotopic (exact) mass is 169 g/mol. The molecule has 0 N–H and O–H groups in total. The van der Waals surface area contributed by atoms with Gasteiger partial charge in [0.15, 0.2) is 0 Å². The number of nitrogens with zero attached hydrogens (tertiary/aromatic N) is 1. The van der Waals surface area contributed by atoms with E-state index in [1.54, 1.807) is 5.69 Å². The number of rotatable bonds is 0. The van der Waals surface area contributed by atoms with Crippen molar-refractivity contribution in [1.29, 1.82) is 0 Å². The van der Waals surface area contributed by atoms with E-state index in [1.165, 1.54) is 23.9 Å². The summed E-state index contributed by atoms with van der Waals surface area (Å²) in [5.41, 5.74) is 3.02. The van der Waals surface area contributed by atoms with Crippen LogP contribution in [0.5, 0.6) is 0 Å². The standard InChI is InChI=1S/C12H11N/c1-2-4-11-8(3-1)6-12-10-5-9(10)7-13(11)12/h1-4,6,9-10H,5,7H2. The summed E-state index contributed by atoms with van der Waals surface area (Å²) >= 11 is 0. The molecular formula is C12H11N. The predicted molar refractivity (Wildman–Crippen MR) is 52.8 cm³/mol. The van der Waals surface area contributed by atoms with Gasteiger partial charge in [0.25, 0.3) is 0 Å². The highest BCUT2D eigenvalue weighted by molar-refractivity contribution is 5.82. The van der Waals surface area contributed by atoms with Gasteiger partial charge in [0.05, 0.1) is 0 Å². The van der Waals surface area contributed by atoms with Gasteiger partial charge >= 0.3 is 0 Å². The minimum Gasteiger partial charge on any atom is -0.344 e. The third-order valence-electron chi connectivity index (χ3n) is 3.56. The molecule has 2 unspecified atom stereocenters. The summed E-state index contributed by atoms with van der Waals surface area (Å²) < 4.78 is 2.51. The first-order valence-corrected chi connectivity index (χ1v) is 5.01. The van der Waals surface area contributed by atoms with Gasteiger partial charge < -0.3 is 4.57 Å². The zero-order chi connectivity index (χ0) is 8.41. The number of aromatic nitrogens is 1. The second-order valence-corrected chi connectivity index (χ2v) is 4.34. The molecule has 2 aromatic rings. The molecule has 1 nitrogen and oxygen atoms in total. The van der Waals surface area contributed by atoms with Gasteiger partial charge in [-0.15, -0.1) is 0 Å². The number of fused-ring (bicyclic) bond motifs is 5. The lowest BCUT2D eigenvalue weighted by Crippen LogP contribution is -1.95. The Morgan fingerprint density at radius 2 is 2.15 bits per heavy atom. The molecule has 1 aromatic heterocycles. The molecule has 4 rings (SSSR count). The van der Waals surface area contributed by atoms with Gasteiger partial charge in [0, 0.05) is 23.7 Å². The van der Waals surface area contributed by atoms with Crippen LogP contribution in [0.25, 0.3) is 10.9 Å². The first-order chi connectivity index (χ1) is 6.43. The van der Waals surface area contributed by atoms with E-state index in [1.807, 2.05) is 0 Å². The fourth-order valence-corrected chi connectivity index (χ4v) is 2.79. The molecule has 64 valence electrons. The van der Waals surface area contributed by atoms with Crippen molar-refractivity contribution in [2.45, 2.75) is 18.9 Å². The molecule has 1 aliphatic heterocycles. The number of hydrogen-bond acceptors (Lipinski definition) is 0. The molecule has 0 radical (unpaired) electrons. The van der Waals surface area contributed by atoms with Crippen molar-refractivity contribution < 1.29 is 0 Å². The topological polar surface area (TPSA) is 4.93 Å². The normalized spacial score (nSPS) is 28.9. The van der Waals surface area contributed by atoms with Crippen LogP contribution in [0.1, 0.15) is 18.0 Å². The van der Waals surface area contributed by atoms with Gasteiger partial charge in [0.1, 0.15) is 0 Å². The van der Waals surface area contributed by atoms with Gasteiger partial charge in [-0.05, 0) is 29.9 Å². The molecule has 1 aliphatic carbocycles. The SMILES string of the molecule is c1ccc2c(c1)cc1n2CC2CC12. The molecule has 0 amide bonds. The van der Waals surface area contributed by atoms with Crippen molar-refractivity contribution in [2.75, 3.05) is 0 Å². The average Bonchev–Trinajstić information content (AvgIpc) is 2.68. The van der Waals surface area contributed by atoms with E-state index in [0.29, 0.717) is 0 Å². The summed E-state index contributed by atoms with van der Waals surface area (Å²) in [5.74, 6) is 1.90. The minimum atomic E-state index is 0.910. The van der Waals surface area contributed by atoms with Crippen molar-refractivity contribution in [3.05, 3.63) is 36.0 Å². The van der Waals surface area contributed by atoms with Crippen LogP contribution in [-0.2, 0) is 6.54 Å². The summed E-state index contributed by atoms with van der Waals surface area (Å²) in [6, 6.07) is 11.1. The van der Waals surface area contributed by atoms with Crippen LogP contribution in [0, 0.1) is 5.92 Å². The van der Waals surface area contributed by atoms with Gasteiger partial charge in [-0.25, -0.2) is 0 Å². The molecular weight excluding hydrogens is 158 g/mol. The van der Waals surface area contributed by atoms with Gasteiger partial charge in [0.2, 0.25) is 0 Å². The first-order valence-electron chi connectivity index (χ1n) is 5.01. The van der Waals surface area contributed by atoms with E-state index in [2.05, 4.69) is 34.9 Å². The Bertz CT molecular complexity index is 495. The van der Waals surface area contributed by atoms with Crippen LogP contribution in [0.2, 0.25) is 0 Å². The van der Waals surface area contributed by atoms with E-state index in [4.69, 9.17) is 0 Å². The van der Waals surface area contributed by atoms with E-state index in [9.17, 15) is 0 Å². The fraction of sp³-hybridized carbons (Fsp3) is 0.333. The lowest BCUT2D eigenvalue weighted by atomic mass is 10.2. The molecule has 0 bridgehead atoms. The van der Waals surface area contributed by atoms with Crippen molar-refractivity contribution in [1.82, 2.24) is 4.57 Å². The van der Waals surface area contributed by atoms with Gasteiger partial charge in [-0.2, -0.15) is 0 Å². The quantitative estimate of drug-likeness (QED) is 0.571. The Balaban J connectivity index is 2.14. The average molecular weight is 169 g/mol. The molecule has 2 heterocycles. The van der Waals surface area contributed by atoms with E-state index < -0.39 is 0 Å². The zero-order valence-electron chi connectivity index (χ0n) is 7.40. The first kappa shape index (κ1) is 6.25. The molecule has 0 saturated heterocycles. The van der Waals surface area contributed by atoms with E-state index in [0.717, 1.165) is 11.8 Å². The zero-order valence-corrected chi connectivity index (χ0v) is 7.40. The van der Waals surface area contributed by atoms with Crippen LogP contribution >= 0.6 is 0 Å². The second kappa shape index (κ2) is 1.82. The Hall–Kier alpha value is -1.24. The van der Waals surface area contributed by atoms with Crippen molar-refractivity contribution in [2.24, 2.45) is 5.92 Å². The molecule has 2 aliphatic rings. The highest BCUT2D eigenvalue weighted by atomic mass is 15.0. The van der Waals surface area contributed by atoms with E-state index in [-0.39, 0.29) is 0 Å². The summed E-state index contributed by atoms with van der Waals surface area (Å²) in [6.07, 6.45) is 1.44. The van der Waals surface area contributed by atoms with Crippen LogP contribution in [0.3, 0.4) is 0 Å². The lowest BCUT2D eigenvalue weighted by Gasteiger charge is -2.02.